The Labute approximate surface area is 95.9 Å². The molecule has 0 saturated heterocycles. The van der Waals surface area contributed by atoms with Crippen LogP contribution in [0.15, 0.2) is 42.6 Å². The van der Waals surface area contributed by atoms with Gasteiger partial charge in [-0.3, -0.25) is 4.68 Å². The Balaban J connectivity index is 1.87. The molecule has 0 amide bonds. The number of benzene rings is 1. The van der Waals surface area contributed by atoms with E-state index in [9.17, 15) is 0 Å². The van der Waals surface area contributed by atoms with Gasteiger partial charge in [-0.1, -0.05) is 43.2 Å². The van der Waals surface area contributed by atoms with Crippen molar-refractivity contribution < 1.29 is 0 Å². The van der Waals surface area contributed by atoms with Gasteiger partial charge in [-0.2, -0.15) is 5.10 Å². The highest BCUT2D eigenvalue weighted by atomic mass is 15.3. The molecule has 2 heteroatoms. The normalized spacial score (nSPS) is 16.8. The van der Waals surface area contributed by atoms with Crippen molar-refractivity contribution in [2.24, 2.45) is 0 Å². The summed E-state index contributed by atoms with van der Waals surface area (Å²) in [6, 6.07) is 13.1. The quantitative estimate of drug-likeness (QED) is 0.742. The standard InChI is InChI=1S/C14H16N2/c1-2-6-12(7-3-1)14-10-11-16(15-14)13-8-4-5-9-13/h1-3,6-7,10-11,13H,4-5,8-9H2. The first-order valence-electron chi connectivity index (χ1n) is 6.04. The molecule has 82 valence electrons. The Morgan fingerprint density at radius 1 is 1.00 bits per heavy atom. The summed E-state index contributed by atoms with van der Waals surface area (Å²) < 4.78 is 2.15. The Hall–Kier alpha value is -1.57. The molecule has 0 radical (unpaired) electrons. The molecule has 0 bridgehead atoms. The predicted octanol–water partition coefficient (Wildman–Crippen LogP) is 3.67. The number of nitrogens with zero attached hydrogens (tertiary/aromatic N) is 2. The van der Waals surface area contributed by atoms with Gasteiger partial charge in [0.15, 0.2) is 0 Å². The smallest absolute Gasteiger partial charge is 0.0923 e. The molecule has 1 aromatic heterocycles. The molecule has 0 unspecified atom stereocenters. The molecular weight excluding hydrogens is 196 g/mol. The van der Waals surface area contributed by atoms with E-state index in [2.05, 4.69) is 46.3 Å². The summed E-state index contributed by atoms with van der Waals surface area (Å²) in [7, 11) is 0. The fourth-order valence-corrected chi connectivity index (χ4v) is 2.47. The van der Waals surface area contributed by atoms with Crippen molar-refractivity contribution in [2.75, 3.05) is 0 Å². The van der Waals surface area contributed by atoms with E-state index in [-0.39, 0.29) is 0 Å². The van der Waals surface area contributed by atoms with Crippen molar-refractivity contribution >= 4 is 0 Å². The maximum absolute atomic E-state index is 4.68. The van der Waals surface area contributed by atoms with Crippen LogP contribution < -0.4 is 0 Å². The zero-order chi connectivity index (χ0) is 10.8. The summed E-state index contributed by atoms with van der Waals surface area (Å²) in [6.45, 7) is 0. The maximum atomic E-state index is 4.68. The number of hydrogen-bond acceptors (Lipinski definition) is 1. The van der Waals surface area contributed by atoms with Gasteiger partial charge in [0.1, 0.15) is 0 Å². The lowest BCUT2D eigenvalue weighted by Crippen LogP contribution is -2.04. The molecule has 2 nitrogen and oxygen atoms in total. The number of aromatic nitrogens is 2. The van der Waals surface area contributed by atoms with Gasteiger partial charge in [-0.25, -0.2) is 0 Å². The molecule has 16 heavy (non-hydrogen) atoms. The molecule has 1 fully saturated rings. The molecule has 3 rings (SSSR count). The highest BCUT2D eigenvalue weighted by Crippen LogP contribution is 2.29. The molecular formula is C14H16N2. The minimum Gasteiger partial charge on any atom is -0.269 e. The summed E-state index contributed by atoms with van der Waals surface area (Å²) >= 11 is 0. The molecule has 1 saturated carbocycles. The second-order valence-corrected chi connectivity index (χ2v) is 4.49. The predicted molar refractivity (Wildman–Crippen MR) is 65.2 cm³/mol. The van der Waals surface area contributed by atoms with E-state index in [1.54, 1.807) is 0 Å². The van der Waals surface area contributed by atoms with Gasteiger partial charge in [0, 0.05) is 11.8 Å². The number of rotatable bonds is 2. The third-order valence-corrected chi connectivity index (χ3v) is 3.38. The molecule has 0 N–H and O–H groups in total. The van der Waals surface area contributed by atoms with Crippen LogP contribution in [0.3, 0.4) is 0 Å². The van der Waals surface area contributed by atoms with E-state index in [1.807, 2.05) is 6.07 Å². The van der Waals surface area contributed by atoms with Crippen LogP contribution in [-0.4, -0.2) is 9.78 Å². The minimum atomic E-state index is 0.637. The van der Waals surface area contributed by atoms with Crippen LogP contribution in [0, 0.1) is 0 Å². The fourth-order valence-electron chi connectivity index (χ4n) is 2.47. The lowest BCUT2D eigenvalue weighted by Gasteiger charge is -2.08. The first kappa shape index (κ1) is 9.64. The van der Waals surface area contributed by atoms with Crippen LogP contribution in [0.1, 0.15) is 31.7 Å². The summed E-state index contributed by atoms with van der Waals surface area (Å²) in [5, 5.41) is 4.68. The lowest BCUT2D eigenvalue weighted by atomic mass is 10.2. The molecule has 1 aliphatic rings. The summed E-state index contributed by atoms with van der Waals surface area (Å²) in [5.74, 6) is 0. The Morgan fingerprint density at radius 2 is 1.75 bits per heavy atom. The van der Waals surface area contributed by atoms with Crippen LogP contribution in [-0.2, 0) is 0 Å². The van der Waals surface area contributed by atoms with Crippen molar-refractivity contribution in [1.82, 2.24) is 9.78 Å². The van der Waals surface area contributed by atoms with E-state index in [0.717, 1.165) is 5.69 Å². The Morgan fingerprint density at radius 3 is 2.50 bits per heavy atom. The molecule has 2 aromatic rings. The van der Waals surface area contributed by atoms with Crippen molar-refractivity contribution in [3.63, 3.8) is 0 Å². The van der Waals surface area contributed by atoms with E-state index >= 15 is 0 Å². The highest BCUT2D eigenvalue weighted by Gasteiger charge is 2.17. The van der Waals surface area contributed by atoms with Gasteiger partial charge in [0.2, 0.25) is 0 Å². The number of hydrogen-bond donors (Lipinski definition) is 0. The van der Waals surface area contributed by atoms with Gasteiger partial charge in [0.05, 0.1) is 11.7 Å². The Bertz CT molecular complexity index is 453. The fraction of sp³-hybridized carbons (Fsp3) is 0.357. The van der Waals surface area contributed by atoms with Crippen LogP contribution in [0.5, 0.6) is 0 Å². The van der Waals surface area contributed by atoms with Crippen molar-refractivity contribution in [3.05, 3.63) is 42.6 Å². The summed E-state index contributed by atoms with van der Waals surface area (Å²) in [4.78, 5) is 0. The van der Waals surface area contributed by atoms with Gasteiger partial charge in [0.25, 0.3) is 0 Å². The largest absolute Gasteiger partial charge is 0.269 e. The van der Waals surface area contributed by atoms with Crippen molar-refractivity contribution in [1.29, 1.82) is 0 Å². The third-order valence-electron chi connectivity index (χ3n) is 3.38. The first-order valence-corrected chi connectivity index (χ1v) is 6.04. The van der Waals surface area contributed by atoms with Crippen LogP contribution in [0.4, 0.5) is 0 Å². The van der Waals surface area contributed by atoms with E-state index < -0.39 is 0 Å². The van der Waals surface area contributed by atoms with Gasteiger partial charge < -0.3 is 0 Å². The molecule has 0 aliphatic heterocycles. The van der Waals surface area contributed by atoms with Crippen molar-refractivity contribution in [3.8, 4) is 11.3 Å². The average molecular weight is 212 g/mol. The molecule has 1 aliphatic carbocycles. The average Bonchev–Trinajstić information content (AvgIpc) is 3.01. The van der Waals surface area contributed by atoms with Gasteiger partial charge in [-0.15, -0.1) is 0 Å². The lowest BCUT2D eigenvalue weighted by molar-refractivity contribution is 0.468. The summed E-state index contributed by atoms with van der Waals surface area (Å²) in [6.07, 6.45) is 7.40. The third kappa shape index (κ3) is 1.75. The van der Waals surface area contributed by atoms with E-state index in [0.29, 0.717) is 6.04 Å². The summed E-state index contributed by atoms with van der Waals surface area (Å²) in [5.41, 5.74) is 2.30. The second-order valence-electron chi connectivity index (χ2n) is 4.49. The maximum Gasteiger partial charge on any atom is 0.0923 e. The monoisotopic (exact) mass is 212 g/mol. The van der Waals surface area contributed by atoms with E-state index in [1.165, 1.54) is 31.2 Å². The molecule has 0 spiro atoms. The molecule has 1 aromatic carbocycles. The minimum absolute atomic E-state index is 0.637. The van der Waals surface area contributed by atoms with Gasteiger partial charge in [-0.05, 0) is 18.9 Å². The SMILES string of the molecule is c1ccc(-c2ccn(C3CCCC3)n2)cc1. The van der Waals surface area contributed by atoms with Gasteiger partial charge >= 0.3 is 0 Å². The topological polar surface area (TPSA) is 17.8 Å². The van der Waals surface area contributed by atoms with Crippen LogP contribution in [0.2, 0.25) is 0 Å². The Kier molecular flexibility index (Phi) is 2.49. The zero-order valence-corrected chi connectivity index (χ0v) is 9.34. The van der Waals surface area contributed by atoms with Crippen LogP contribution >= 0.6 is 0 Å². The zero-order valence-electron chi connectivity index (χ0n) is 9.34. The van der Waals surface area contributed by atoms with E-state index in [4.69, 9.17) is 0 Å². The first-order chi connectivity index (χ1) is 7.93. The molecule has 1 heterocycles. The second kappa shape index (κ2) is 4.12. The highest BCUT2D eigenvalue weighted by molar-refractivity contribution is 5.57. The van der Waals surface area contributed by atoms with Crippen LogP contribution in [0.25, 0.3) is 11.3 Å². The van der Waals surface area contributed by atoms with Crippen molar-refractivity contribution in [2.45, 2.75) is 31.7 Å². The molecule has 0 atom stereocenters.